The van der Waals surface area contributed by atoms with Gasteiger partial charge in [-0.2, -0.15) is 10.2 Å². The second kappa shape index (κ2) is 7.71. The maximum atomic E-state index is 12.6. The van der Waals surface area contributed by atoms with Crippen LogP contribution in [-0.2, 0) is 4.79 Å². The average molecular weight is 293 g/mol. The number of hydrogen-bond acceptors (Lipinski definition) is 3. The minimum absolute atomic E-state index is 0.0756. The molecule has 1 amide bonds. The predicted molar refractivity (Wildman–Crippen MR) is 89.9 cm³/mol. The largest absolute Gasteiger partial charge is 0.334 e. The Kier molecular flexibility index (Phi) is 6.56. The summed E-state index contributed by atoms with van der Waals surface area (Å²) < 4.78 is 0. The van der Waals surface area contributed by atoms with Crippen LogP contribution in [0.25, 0.3) is 0 Å². The zero-order valence-electron chi connectivity index (χ0n) is 14.6. The fourth-order valence-electron chi connectivity index (χ4n) is 2.44. The molecule has 1 saturated heterocycles. The fraction of sp³-hybridized carbons (Fsp3) is 0.824. The molecule has 0 aliphatic carbocycles. The van der Waals surface area contributed by atoms with E-state index in [1.165, 1.54) is 0 Å². The minimum Gasteiger partial charge on any atom is -0.334 e. The van der Waals surface area contributed by atoms with Crippen molar-refractivity contribution >= 4 is 17.3 Å². The molecule has 0 aromatic carbocycles. The Bertz CT molecular complexity index is 424. The first-order chi connectivity index (χ1) is 9.80. The summed E-state index contributed by atoms with van der Waals surface area (Å²) >= 11 is 0. The summed E-state index contributed by atoms with van der Waals surface area (Å²) in [5, 5.41) is 8.58. The molecule has 0 unspecified atom stereocenters. The third-order valence-electron chi connectivity index (χ3n) is 4.53. The molecule has 4 heteroatoms. The normalized spacial score (nSPS) is 21.0. The SMILES string of the molecule is CC/C(C)=N/N=C(\C)[C@@H]1CCCN1C(=O)CC(C)(C)CC. The van der Waals surface area contributed by atoms with Gasteiger partial charge in [0.2, 0.25) is 5.91 Å². The summed E-state index contributed by atoms with van der Waals surface area (Å²) in [5.41, 5.74) is 2.06. The Labute approximate surface area is 129 Å². The van der Waals surface area contributed by atoms with Crippen LogP contribution < -0.4 is 0 Å². The van der Waals surface area contributed by atoms with Crippen LogP contribution in [0.1, 0.15) is 73.6 Å². The lowest BCUT2D eigenvalue weighted by atomic mass is 9.86. The van der Waals surface area contributed by atoms with Gasteiger partial charge in [0, 0.05) is 18.7 Å². The third-order valence-corrected chi connectivity index (χ3v) is 4.53. The summed E-state index contributed by atoms with van der Waals surface area (Å²) in [6.45, 7) is 13.4. The van der Waals surface area contributed by atoms with Gasteiger partial charge in [0.05, 0.1) is 11.8 Å². The highest BCUT2D eigenvalue weighted by atomic mass is 16.2. The van der Waals surface area contributed by atoms with Crippen LogP contribution >= 0.6 is 0 Å². The predicted octanol–water partition coefficient (Wildman–Crippen LogP) is 4.05. The molecule has 0 bridgehead atoms. The molecule has 4 nitrogen and oxygen atoms in total. The molecule has 1 aliphatic heterocycles. The molecule has 21 heavy (non-hydrogen) atoms. The molecule has 1 aliphatic rings. The van der Waals surface area contributed by atoms with E-state index in [1.807, 2.05) is 18.7 Å². The molecule has 1 fully saturated rings. The molecular formula is C17H31N3O. The Hall–Kier alpha value is -1.19. The molecule has 1 atom stereocenters. The summed E-state index contributed by atoms with van der Waals surface area (Å²) in [6.07, 6.45) is 4.62. The van der Waals surface area contributed by atoms with Gasteiger partial charge in [0.25, 0.3) is 0 Å². The van der Waals surface area contributed by atoms with Crippen LogP contribution in [-0.4, -0.2) is 34.8 Å². The highest BCUT2D eigenvalue weighted by molar-refractivity contribution is 5.92. The fourth-order valence-corrected chi connectivity index (χ4v) is 2.44. The lowest BCUT2D eigenvalue weighted by Crippen LogP contribution is -2.41. The molecule has 120 valence electrons. The second-order valence-electron chi connectivity index (χ2n) is 6.87. The monoisotopic (exact) mass is 293 g/mol. The summed E-state index contributed by atoms with van der Waals surface area (Å²) in [4.78, 5) is 14.6. The van der Waals surface area contributed by atoms with Crippen LogP contribution in [0, 0.1) is 5.41 Å². The average Bonchev–Trinajstić information content (AvgIpc) is 2.93. The van der Waals surface area contributed by atoms with Crippen molar-refractivity contribution < 1.29 is 4.79 Å². The van der Waals surface area contributed by atoms with Gasteiger partial charge in [0.15, 0.2) is 0 Å². The molecular weight excluding hydrogens is 262 g/mol. The van der Waals surface area contributed by atoms with E-state index < -0.39 is 0 Å². The van der Waals surface area contributed by atoms with Crippen molar-refractivity contribution in [3.8, 4) is 0 Å². The van der Waals surface area contributed by atoms with Crippen molar-refractivity contribution in [3.63, 3.8) is 0 Å². The Morgan fingerprint density at radius 1 is 1.24 bits per heavy atom. The zero-order valence-corrected chi connectivity index (χ0v) is 14.6. The first-order valence-corrected chi connectivity index (χ1v) is 8.17. The number of likely N-dealkylation sites (tertiary alicyclic amines) is 1. The first-order valence-electron chi connectivity index (χ1n) is 8.17. The van der Waals surface area contributed by atoms with Crippen LogP contribution in [0.4, 0.5) is 0 Å². The van der Waals surface area contributed by atoms with Gasteiger partial charge in [-0.15, -0.1) is 0 Å². The standard InChI is InChI=1S/C17H31N3O/c1-7-13(3)18-19-14(4)15-10-9-11-20(15)16(21)12-17(5,6)8-2/h15H,7-12H2,1-6H3/b18-13+,19-14+/t15-/m0/s1. The molecule has 0 aromatic heterocycles. The van der Waals surface area contributed by atoms with E-state index in [9.17, 15) is 4.79 Å². The first kappa shape index (κ1) is 17.9. The van der Waals surface area contributed by atoms with Crippen molar-refractivity contribution in [1.82, 2.24) is 4.90 Å². The van der Waals surface area contributed by atoms with Crippen LogP contribution in [0.2, 0.25) is 0 Å². The topological polar surface area (TPSA) is 45.0 Å². The van der Waals surface area contributed by atoms with E-state index in [1.54, 1.807) is 0 Å². The van der Waals surface area contributed by atoms with Crippen molar-refractivity contribution in [1.29, 1.82) is 0 Å². The van der Waals surface area contributed by atoms with Gasteiger partial charge >= 0.3 is 0 Å². The molecule has 0 saturated carbocycles. The van der Waals surface area contributed by atoms with Crippen molar-refractivity contribution in [3.05, 3.63) is 0 Å². The van der Waals surface area contributed by atoms with Crippen LogP contribution in [0.3, 0.4) is 0 Å². The molecule has 0 N–H and O–H groups in total. The highest BCUT2D eigenvalue weighted by Gasteiger charge is 2.33. The lowest BCUT2D eigenvalue weighted by Gasteiger charge is -2.29. The molecule has 1 heterocycles. The number of carbonyl (C=O) groups excluding carboxylic acids is 1. The van der Waals surface area contributed by atoms with Crippen molar-refractivity contribution in [2.24, 2.45) is 15.6 Å². The van der Waals surface area contributed by atoms with Crippen molar-refractivity contribution in [2.75, 3.05) is 6.54 Å². The maximum absolute atomic E-state index is 12.6. The van der Waals surface area contributed by atoms with Crippen LogP contribution in [0.5, 0.6) is 0 Å². The van der Waals surface area contributed by atoms with Gasteiger partial charge < -0.3 is 4.90 Å². The van der Waals surface area contributed by atoms with Gasteiger partial charge in [-0.25, -0.2) is 0 Å². The Morgan fingerprint density at radius 3 is 2.48 bits per heavy atom. The van der Waals surface area contributed by atoms with Gasteiger partial charge in [-0.05, 0) is 38.5 Å². The number of rotatable bonds is 6. The Balaban J connectivity index is 2.77. The molecule has 0 radical (unpaired) electrons. The van der Waals surface area contributed by atoms with E-state index in [0.29, 0.717) is 6.42 Å². The van der Waals surface area contributed by atoms with Gasteiger partial charge in [0.1, 0.15) is 0 Å². The third kappa shape index (κ3) is 5.25. The Morgan fingerprint density at radius 2 is 1.90 bits per heavy atom. The van der Waals surface area contributed by atoms with Gasteiger partial charge in [-0.3, -0.25) is 4.79 Å². The summed E-state index contributed by atoms with van der Waals surface area (Å²) in [6, 6.07) is 0.138. The summed E-state index contributed by atoms with van der Waals surface area (Å²) in [7, 11) is 0. The minimum atomic E-state index is 0.0756. The second-order valence-corrected chi connectivity index (χ2v) is 6.87. The summed E-state index contributed by atoms with van der Waals surface area (Å²) in [5.74, 6) is 0.259. The van der Waals surface area contributed by atoms with E-state index in [0.717, 1.165) is 43.7 Å². The lowest BCUT2D eigenvalue weighted by molar-refractivity contribution is -0.133. The number of hydrogen-bond donors (Lipinski definition) is 0. The van der Waals surface area contributed by atoms with E-state index in [2.05, 4.69) is 37.9 Å². The number of nitrogens with zero attached hydrogens (tertiary/aromatic N) is 3. The molecule has 1 rings (SSSR count). The van der Waals surface area contributed by atoms with Crippen molar-refractivity contribution in [2.45, 2.75) is 79.7 Å². The quantitative estimate of drug-likeness (QED) is 0.538. The number of amides is 1. The maximum Gasteiger partial charge on any atom is 0.223 e. The number of carbonyl (C=O) groups is 1. The van der Waals surface area contributed by atoms with Gasteiger partial charge in [-0.1, -0.05) is 34.1 Å². The molecule has 0 spiro atoms. The van der Waals surface area contributed by atoms with E-state index in [4.69, 9.17) is 0 Å². The van der Waals surface area contributed by atoms with Crippen LogP contribution in [0.15, 0.2) is 10.2 Å². The molecule has 0 aromatic rings. The highest BCUT2D eigenvalue weighted by Crippen LogP contribution is 2.28. The van der Waals surface area contributed by atoms with E-state index in [-0.39, 0.29) is 17.4 Å². The zero-order chi connectivity index (χ0) is 16.0. The van der Waals surface area contributed by atoms with E-state index >= 15 is 0 Å². The smallest absolute Gasteiger partial charge is 0.223 e.